The molecule has 0 saturated carbocycles. The van der Waals surface area contributed by atoms with Crippen LogP contribution in [0.25, 0.3) is 0 Å². The van der Waals surface area contributed by atoms with Gasteiger partial charge in [0.2, 0.25) is 0 Å². The van der Waals surface area contributed by atoms with Crippen LogP contribution in [0.15, 0.2) is 22.7 Å². The lowest BCUT2D eigenvalue weighted by molar-refractivity contribution is 0.0697. The summed E-state index contributed by atoms with van der Waals surface area (Å²) in [6, 6.07) is 7.21. The second kappa shape index (κ2) is 6.41. The summed E-state index contributed by atoms with van der Waals surface area (Å²) in [5, 5.41) is 18.0. The highest BCUT2D eigenvalue weighted by molar-refractivity contribution is 9.10. The van der Waals surface area contributed by atoms with Crippen LogP contribution in [0, 0.1) is 17.2 Å². The maximum atomic E-state index is 11.2. The van der Waals surface area contributed by atoms with Gasteiger partial charge < -0.3 is 10.0 Å². The number of carboxylic acid groups (broad SMARTS) is 1. The van der Waals surface area contributed by atoms with Crippen molar-refractivity contribution < 1.29 is 9.90 Å². The van der Waals surface area contributed by atoms with E-state index in [1.54, 1.807) is 18.2 Å². The van der Waals surface area contributed by atoms with Crippen LogP contribution in [0.5, 0.6) is 0 Å². The number of anilines is 1. The van der Waals surface area contributed by atoms with Crippen LogP contribution in [0.1, 0.15) is 24.2 Å². The zero-order valence-electron chi connectivity index (χ0n) is 10.4. The van der Waals surface area contributed by atoms with Gasteiger partial charge >= 0.3 is 5.97 Å². The third-order valence-corrected chi connectivity index (χ3v) is 3.12. The Hall–Kier alpha value is -1.54. The fourth-order valence-corrected chi connectivity index (χ4v) is 2.07. The average Bonchev–Trinajstić information content (AvgIpc) is 2.35. The van der Waals surface area contributed by atoms with Crippen LogP contribution in [0.2, 0.25) is 0 Å². The Morgan fingerprint density at radius 3 is 2.78 bits per heavy atom. The predicted molar refractivity (Wildman–Crippen MR) is 73.8 cm³/mol. The summed E-state index contributed by atoms with van der Waals surface area (Å²) in [5.74, 6) is -1.11. The van der Waals surface area contributed by atoms with Crippen LogP contribution in [0.3, 0.4) is 0 Å². The normalized spacial score (nSPS) is 11.7. The van der Waals surface area contributed by atoms with Gasteiger partial charge in [-0.1, -0.05) is 15.9 Å². The lowest BCUT2D eigenvalue weighted by Crippen LogP contribution is -2.29. The lowest BCUT2D eigenvalue weighted by Gasteiger charge is -2.25. The molecule has 0 aliphatic rings. The quantitative estimate of drug-likeness (QED) is 0.907. The van der Waals surface area contributed by atoms with Crippen molar-refractivity contribution >= 4 is 27.6 Å². The van der Waals surface area contributed by atoms with E-state index in [9.17, 15) is 9.90 Å². The maximum absolute atomic E-state index is 11.2. The van der Waals surface area contributed by atoms with E-state index in [-0.39, 0.29) is 11.5 Å². The first kappa shape index (κ1) is 14.5. The minimum atomic E-state index is -0.958. The number of nitrogens with zero attached hydrogens (tertiary/aromatic N) is 2. The van der Waals surface area contributed by atoms with E-state index in [2.05, 4.69) is 22.0 Å². The summed E-state index contributed by atoms with van der Waals surface area (Å²) in [7, 11) is 0. The molecule has 0 radical (unpaired) electrons. The Balaban J connectivity index is 3.15. The van der Waals surface area contributed by atoms with Gasteiger partial charge in [0.25, 0.3) is 0 Å². The minimum absolute atomic E-state index is 0.148. The van der Waals surface area contributed by atoms with Crippen LogP contribution in [-0.2, 0) is 0 Å². The number of halogens is 1. The van der Waals surface area contributed by atoms with E-state index in [4.69, 9.17) is 5.26 Å². The summed E-state index contributed by atoms with van der Waals surface area (Å²) < 4.78 is 0.825. The molecule has 0 bridgehead atoms. The second-order valence-corrected chi connectivity index (χ2v) is 4.95. The van der Waals surface area contributed by atoms with E-state index in [1.807, 2.05) is 18.7 Å². The molecule has 1 atom stereocenters. The van der Waals surface area contributed by atoms with Crippen molar-refractivity contribution in [2.45, 2.75) is 13.8 Å². The number of nitriles is 1. The number of hydrogen-bond donors (Lipinski definition) is 1. The van der Waals surface area contributed by atoms with Gasteiger partial charge in [-0.3, -0.25) is 0 Å². The molecule has 0 amide bonds. The highest BCUT2D eigenvalue weighted by Gasteiger charge is 2.17. The number of carbonyl (C=O) groups is 1. The molecule has 0 aliphatic heterocycles. The van der Waals surface area contributed by atoms with Crippen molar-refractivity contribution in [3.05, 3.63) is 28.2 Å². The molecule has 18 heavy (non-hydrogen) atoms. The van der Waals surface area contributed by atoms with Crippen molar-refractivity contribution in [2.75, 3.05) is 18.0 Å². The zero-order valence-corrected chi connectivity index (χ0v) is 11.9. The average molecular weight is 311 g/mol. The molecular formula is C13H15BrN2O2. The molecule has 4 nitrogen and oxygen atoms in total. The molecule has 1 aromatic carbocycles. The number of carboxylic acids is 1. The first-order valence-corrected chi connectivity index (χ1v) is 6.46. The highest BCUT2D eigenvalue weighted by Crippen LogP contribution is 2.26. The van der Waals surface area contributed by atoms with Crippen LogP contribution < -0.4 is 4.90 Å². The molecule has 96 valence electrons. The molecule has 0 spiro atoms. The van der Waals surface area contributed by atoms with E-state index in [0.29, 0.717) is 18.8 Å². The Morgan fingerprint density at radius 2 is 2.28 bits per heavy atom. The number of benzene rings is 1. The molecule has 1 N–H and O–H groups in total. The summed E-state index contributed by atoms with van der Waals surface area (Å²) in [4.78, 5) is 13.1. The monoisotopic (exact) mass is 310 g/mol. The predicted octanol–water partition coefficient (Wildman–Crippen LogP) is 3.13. The van der Waals surface area contributed by atoms with E-state index < -0.39 is 5.97 Å². The van der Waals surface area contributed by atoms with Gasteiger partial charge in [0, 0.05) is 17.6 Å². The Morgan fingerprint density at radius 1 is 1.61 bits per heavy atom. The van der Waals surface area contributed by atoms with Crippen LogP contribution in [0.4, 0.5) is 5.69 Å². The van der Waals surface area contributed by atoms with Gasteiger partial charge in [0.1, 0.15) is 0 Å². The SMILES string of the molecule is CCN(CC(C)C#N)c1cc(Br)ccc1C(=O)O. The van der Waals surface area contributed by atoms with Crippen molar-refractivity contribution in [1.29, 1.82) is 5.26 Å². The summed E-state index contributed by atoms with van der Waals surface area (Å²) in [6.07, 6.45) is 0. The molecule has 0 aliphatic carbocycles. The lowest BCUT2D eigenvalue weighted by atomic mass is 10.1. The summed E-state index contributed by atoms with van der Waals surface area (Å²) >= 11 is 3.34. The molecule has 0 heterocycles. The highest BCUT2D eigenvalue weighted by atomic mass is 79.9. The fraction of sp³-hybridized carbons (Fsp3) is 0.385. The Labute approximate surface area is 115 Å². The van der Waals surface area contributed by atoms with Gasteiger partial charge in [-0.25, -0.2) is 4.79 Å². The molecule has 0 saturated heterocycles. The van der Waals surface area contributed by atoms with E-state index >= 15 is 0 Å². The Kier molecular flexibility index (Phi) is 5.17. The molecule has 1 aromatic rings. The molecule has 1 unspecified atom stereocenters. The first-order chi connectivity index (χ1) is 8.49. The molecule has 0 fully saturated rings. The van der Waals surface area contributed by atoms with Gasteiger partial charge in [0.15, 0.2) is 0 Å². The molecule has 5 heteroatoms. The largest absolute Gasteiger partial charge is 0.478 e. The zero-order chi connectivity index (χ0) is 13.7. The standard InChI is InChI=1S/C13H15BrN2O2/c1-3-16(8-9(2)7-15)12-6-10(14)4-5-11(12)13(17)18/h4-6,9H,3,8H2,1-2H3,(H,17,18). The molecule has 1 rings (SSSR count). The first-order valence-electron chi connectivity index (χ1n) is 5.67. The van der Waals surface area contributed by atoms with Gasteiger partial charge in [-0.05, 0) is 32.0 Å². The van der Waals surface area contributed by atoms with Crippen molar-refractivity contribution in [2.24, 2.45) is 5.92 Å². The van der Waals surface area contributed by atoms with Crippen LogP contribution in [-0.4, -0.2) is 24.2 Å². The maximum Gasteiger partial charge on any atom is 0.337 e. The topological polar surface area (TPSA) is 64.3 Å². The minimum Gasteiger partial charge on any atom is -0.478 e. The third-order valence-electron chi connectivity index (χ3n) is 2.63. The second-order valence-electron chi connectivity index (χ2n) is 4.04. The molecular weight excluding hydrogens is 296 g/mol. The fourth-order valence-electron chi connectivity index (χ4n) is 1.72. The van der Waals surface area contributed by atoms with Crippen molar-refractivity contribution in [1.82, 2.24) is 0 Å². The summed E-state index contributed by atoms with van der Waals surface area (Å²) in [6.45, 7) is 4.93. The van der Waals surface area contributed by atoms with Gasteiger partial charge in [-0.15, -0.1) is 0 Å². The number of hydrogen-bond acceptors (Lipinski definition) is 3. The van der Waals surface area contributed by atoms with E-state index in [0.717, 1.165) is 4.47 Å². The van der Waals surface area contributed by atoms with Crippen LogP contribution >= 0.6 is 15.9 Å². The number of rotatable bonds is 5. The van der Waals surface area contributed by atoms with Crippen molar-refractivity contribution in [3.63, 3.8) is 0 Å². The van der Waals surface area contributed by atoms with Crippen molar-refractivity contribution in [3.8, 4) is 6.07 Å². The smallest absolute Gasteiger partial charge is 0.337 e. The van der Waals surface area contributed by atoms with E-state index in [1.165, 1.54) is 0 Å². The third kappa shape index (κ3) is 3.47. The summed E-state index contributed by atoms with van der Waals surface area (Å²) in [5.41, 5.74) is 0.895. The molecule has 0 aromatic heterocycles. The Bertz CT molecular complexity index is 482. The number of aromatic carboxylic acids is 1. The van der Waals surface area contributed by atoms with Gasteiger partial charge in [-0.2, -0.15) is 5.26 Å². The van der Waals surface area contributed by atoms with Gasteiger partial charge in [0.05, 0.1) is 23.2 Å².